The number of hydroxylamine groups is 1. The Morgan fingerprint density at radius 2 is 2.13 bits per heavy atom. The van der Waals surface area contributed by atoms with Gasteiger partial charge in [-0.15, -0.1) is 0 Å². The average molecular weight is 223 g/mol. The zero-order chi connectivity index (χ0) is 11.3. The van der Waals surface area contributed by atoms with Gasteiger partial charge in [0.2, 0.25) is 0 Å². The van der Waals surface area contributed by atoms with Crippen LogP contribution in [0, 0.1) is 0 Å². The summed E-state index contributed by atoms with van der Waals surface area (Å²) >= 11 is 4.46. The van der Waals surface area contributed by atoms with E-state index in [1.165, 1.54) is 7.11 Å². The van der Waals surface area contributed by atoms with Gasteiger partial charge >= 0.3 is 6.03 Å². The number of urea groups is 1. The van der Waals surface area contributed by atoms with Gasteiger partial charge in [-0.3, -0.25) is 4.84 Å². The van der Waals surface area contributed by atoms with Crippen LogP contribution in [0.1, 0.15) is 0 Å². The molecule has 0 aliphatic heterocycles. The topological polar surface area (TPSA) is 67.9 Å². The van der Waals surface area contributed by atoms with Gasteiger partial charge in [0.15, 0.2) is 0 Å². The molecular weight excluding hydrogens is 214 g/mol. The highest BCUT2D eigenvalue weighted by molar-refractivity contribution is 7.78. The summed E-state index contributed by atoms with van der Waals surface area (Å²) < 4.78 is 0. The second kappa shape index (κ2) is 5.21. The van der Waals surface area contributed by atoms with Crippen LogP contribution in [-0.4, -0.2) is 18.3 Å². The number of hydrogen-bond donors (Lipinski definition) is 1. The Kier molecular flexibility index (Phi) is 3.93. The van der Waals surface area contributed by atoms with Crippen molar-refractivity contribution in [1.82, 2.24) is 0 Å². The van der Waals surface area contributed by atoms with Gasteiger partial charge in [-0.1, -0.05) is 0 Å². The molecule has 78 valence electrons. The molecule has 2 amide bonds. The first kappa shape index (κ1) is 11.3. The van der Waals surface area contributed by atoms with E-state index >= 15 is 0 Å². The molecule has 0 atom stereocenters. The molecule has 0 aliphatic carbocycles. The van der Waals surface area contributed by atoms with E-state index in [9.17, 15) is 4.79 Å². The summed E-state index contributed by atoms with van der Waals surface area (Å²) in [5.74, 6) is 0. The first-order chi connectivity index (χ1) is 7.19. The summed E-state index contributed by atoms with van der Waals surface area (Å²) in [4.78, 5) is 19.5. The molecule has 1 aromatic carbocycles. The van der Waals surface area contributed by atoms with Crippen LogP contribution in [0.4, 0.5) is 16.2 Å². The monoisotopic (exact) mass is 223 g/mol. The maximum atomic E-state index is 10.9. The molecule has 0 unspecified atom stereocenters. The van der Waals surface area contributed by atoms with Crippen LogP contribution >= 0.6 is 12.2 Å². The summed E-state index contributed by atoms with van der Waals surface area (Å²) in [6.07, 6.45) is 0. The lowest BCUT2D eigenvalue weighted by Gasteiger charge is -2.16. The summed E-state index contributed by atoms with van der Waals surface area (Å²) in [5.41, 5.74) is 6.25. The number of primary amides is 1. The summed E-state index contributed by atoms with van der Waals surface area (Å²) in [6, 6.07) is 5.93. The van der Waals surface area contributed by atoms with E-state index in [0.717, 1.165) is 5.06 Å². The highest BCUT2D eigenvalue weighted by Gasteiger charge is 2.10. The molecule has 0 aromatic heterocycles. The van der Waals surface area contributed by atoms with Gasteiger partial charge < -0.3 is 5.73 Å². The molecule has 1 aromatic rings. The van der Waals surface area contributed by atoms with E-state index in [4.69, 9.17) is 10.6 Å². The van der Waals surface area contributed by atoms with Crippen molar-refractivity contribution in [3.05, 3.63) is 24.3 Å². The molecule has 0 heterocycles. The number of aliphatic imine (C=N–C) groups is 1. The number of benzene rings is 1. The average Bonchev–Trinajstić information content (AvgIpc) is 2.21. The number of rotatable bonds is 3. The molecular formula is C9H9N3O2S. The third-order valence-electron chi connectivity index (χ3n) is 1.64. The van der Waals surface area contributed by atoms with Crippen LogP contribution in [0.2, 0.25) is 0 Å². The van der Waals surface area contributed by atoms with E-state index in [1.807, 2.05) is 0 Å². The minimum atomic E-state index is -0.691. The standard InChI is InChI=1S/C9H9N3O2S/c1-14-12(9(10)13)8-4-2-7(3-5-8)11-6-15/h2-5H,1H3,(H2,10,13). The lowest BCUT2D eigenvalue weighted by Crippen LogP contribution is -2.34. The van der Waals surface area contributed by atoms with Gasteiger partial charge in [0, 0.05) is 0 Å². The predicted octanol–water partition coefficient (Wildman–Crippen LogP) is 1.87. The van der Waals surface area contributed by atoms with Gasteiger partial charge in [0.1, 0.15) is 0 Å². The fraction of sp³-hybridized carbons (Fsp3) is 0.111. The third kappa shape index (κ3) is 2.85. The molecule has 0 saturated heterocycles. The maximum absolute atomic E-state index is 10.9. The number of amides is 2. The van der Waals surface area contributed by atoms with Crippen LogP contribution in [0.15, 0.2) is 29.3 Å². The molecule has 0 radical (unpaired) electrons. The number of isothiocyanates is 1. The smallest absolute Gasteiger partial charge is 0.343 e. The fourth-order valence-electron chi connectivity index (χ4n) is 1.04. The third-order valence-corrected chi connectivity index (χ3v) is 1.73. The summed E-state index contributed by atoms with van der Waals surface area (Å²) in [6.45, 7) is 0. The number of hydrogen-bond acceptors (Lipinski definition) is 4. The Labute approximate surface area is 92.1 Å². The SMILES string of the molecule is CON(C(N)=O)c1ccc(N=C=S)cc1. The first-order valence-corrected chi connectivity index (χ1v) is 4.41. The Bertz CT molecular complexity index is 398. The zero-order valence-corrected chi connectivity index (χ0v) is 8.82. The Balaban J connectivity index is 2.96. The van der Waals surface area contributed by atoms with Crippen molar-refractivity contribution in [2.24, 2.45) is 10.7 Å². The number of nitrogens with zero attached hydrogens (tertiary/aromatic N) is 2. The van der Waals surface area contributed by atoms with Gasteiger partial charge in [-0.2, -0.15) is 10.1 Å². The molecule has 2 N–H and O–H groups in total. The van der Waals surface area contributed by atoms with Gasteiger partial charge in [-0.05, 0) is 36.5 Å². The van der Waals surface area contributed by atoms with Crippen molar-refractivity contribution in [3.8, 4) is 0 Å². The van der Waals surface area contributed by atoms with E-state index in [2.05, 4.69) is 22.4 Å². The number of nitrogens with two attached hydrogens (primary N) is 1. The summed E-state index contributed by atoms with van der Waals surface area (Å²) in [7, 11) is 1.36. The fourth-order valence-corrected chi connectivity index (χ4v) is 1.14. The lowest BCUT2D eigenvalue weighted by molar-refractivity contribution is 0.168. The highest BCUT2D eigenvalue weighted by atomic mass is 32.1. The molecule has 0 spiro atoms. The quantitative estimate of drug-likeness (QED) is 0.483. The normalized spacial score (nSPS) is 9.13. The van der Waals surface area contributed by atoms with Crippen molar-refractivity contribution >= 4 is 34.8 Å². The second-order valence-electron chi connectivity index (χ2n) is 2.53. The van der Waals surface area contributed by atoms with E-state index in [0.29, 0.717) is 11.4 Å². The van der Waals surface area contributed by atoms with Crippen LogP contribution in [0.3, 0.4) is 0 Å². The van der Waals surface area contributed by atoms with E-state index < -0.39 is 6.03 Å². The molecule has 6 heteroatoms. The highest BCUT2D eigenvalue weighted by Crippen LogP contribution is 2.19. The van der Waals surface area contributed by atoms with Crippen LogP contribution < -0.4 is 10.8 Å². The van der Waals surface area contributed by atoms with Gasteiger partial charge in [0.25, 0.3) is 0 Å². The molecule has 0 fully saturated rings. The summed E-state index contributed by atoms with van der Waals surface area (Å²) in [5, 5.41) is 3.20. The maximum Gasteiger partial charge on any atom is 0.343 e. The molecule has 15 heavy (non-hydrogen) atoms. The van der Waals surface area contributed by atoms with Crippen LogP contribution in [0.25, 0.3) is 0 Å². The van der Waals surface area contributed by atoms with Crippen LogP contribution in [-0.2, 0) is 4.84 Å². The number of carbonyl (C=O) groups is 1. The van der Waals surface area contributed by atoms with Crippen LogP contribution in [0.5, 0.6) is 0 Å². The van der Waals surface area contributed by atoms with Crippen molar-refractivity contribution in [2.45, 2.75) is 0 Å². The molecule has 1 rings (SSSR count). The molecule has 0 saturated carbocycles. The Morgan fingerprint density at radius 1 is 1.53 bits per heavy atom. The molecule has 0 bridgehead atoms. The number of thiocarbonyl (C=S) groups is 1. The minimum Gasteiger partial charge on any atom is -0.349 e. The lowest BCUT2D eigenvalue weighted by atomic mass is 10.3. The van der Waals surface area contributed by atoms with Crippen molar-refractivity contribution in [1.29, 1.82) is 0 Å². The first-order valence-electron chi connectivity index (χ1n) is 4.00. The van der Waals surface area contributed by atoms with Crippen molar-refractivity contribution < 1.29 is 9.63 Å². The zero-order valence-electron chi connectivity index (χ0n) is 8.01. The molecule has 0 aliphatic rings. The molecule has 5 nitrogen and oxygen atoms in total. The van der Waals surface area contributed by atoms with E-state index in [-0.39, 0.29) is 0 Å². The number of carbonyl (C=O) groups excluding carboxylic acids is 1. The largest absolute Gasteiger partial charge is 0.349 e. The van der Waals surface area contributed by atoms with Gasteiger partial charge in [0.05, 0.1) is 23.6 Å². The Morgan fingerprint density at radius 3 is 2.53 bits per heavy atom. The van der Waals surface area contributed by atoms with E-state index in [1.54, 1.807) is 24.3 Å². The van der Waals surface area contributed by atoms with Crippen molar-refractivity contribution in [3.63, 3.8) is 0 Å². The van der Waals surface area contributed by atoms with Gasteiger partial charge in [-0.25, -0.2) is 4.79 Å². The second-order valence-corrected chi connectivity index (χ2v) is 2.72. The predicted molar refractivity (Wildman–Crippen MR) is 60.2 cm³/mol. The Hall–Kier alpha value is -1.75. The van der Waals surface area contributed by atoms with Crippen molar-refractivity contribution in [2.75, 3.05) is 12.2 Å². The number of anilines is 1. The minimum absolute atomic E-state index is 0.522.